The largest absolute Gasteiger partial charge is 0.494 e. The molecular weight excluding hydrogens is 452 g/mol. The molecule has 0 saturated heterocycles. The number of anilines is 1. The number of rotatable bonds is 8. The van der Waals surface area contributed by atoms with Gasteiger partial charge in [0.15, 0.2) is 11.7 Å². The van der Waals surface area contributed by atoms with E-state index in [2.05, 4.69) is 33.2 Å². The van der Waals surface area contributed by atoms with Crippen molar-refractivity contribution in [2.75, 3.05) is 18.5 Å². The first-order valence-corrected chi connectivity index (χ1v) is 11.0. The van der Waals surface area contributed by atoms with Crippen molar-refractivity contribution in [3.8, 4) is 22.8 Å². The van der Waals surface area contributed by atoms with Gasteiger partial charge < -0.3 is 9.47 Å². The van der Waals surface area contributed by atoms with Crippen LogP contribution in [0.1, 0.15) is 24.3 Å². The van der Waals surface area contributed by atoms with E-state index in [-0.39, 0.29) is 12.5 Å². The molecule has 0 saturated carbocycles. The number of aromatic nitrogens is 1. The van der Waals surface area contributed by atoms with Crippen LogP contribution in [0.15, 0.2) is 46.9 Å². The number of ether oxygens (including phenoxy) is 2. The van der Waals surface area contributed by atoms with Gasteiger partial charge in [0.1, 0.15) is 11.5 Å². The van der Waals surface area contributed by atoms with Crippen LogP contribution in [0.2, 0.25) is 0 Å². The maximum atomic E-state index is 12.3. The van der Waals surface area contributed by atoms with Gasteiger partial charge in [-0.25, -0.2) is 4.98 Å². The number of nitrogens with one attached hydrogen (secondary N) is 1. The number of carbonyl (C=O) groups excluding carboxylic acids is 1. The summed E-state index contributed by atoms with van der Waals surface area (Å²) in [6.45, 7) is 6.57. The summed E-state index contributed by atoms with van der Waals surface area (Å²) in [5.41, 5.74) is 2.90. The summed E-state index contributed by atoms with van der Waals surface area (Å²) in [5, 5.41) is 3.39. The van der Waals surface area contributed by atoms with Crippen molar-refractivity contribution < 1.29 is 14.3 Å². The third-order valence-corrected chi connectivity index (χ3v) is 5.62. The maximum absolute atomic E-state index is 12.3. The Bertz CT molecular complexity index is 986. The smallest absolute Gasteiger partial charge is 0.264 e. The van der Waals surface area contributed by atoms with Gasteiger partial charge in [-0.2, -0.15) is 0 Å². The molecule has 0 radical (unpaired) electrons. The second-order valence-corrected chi connectivity index (χ2v) is 8.44. The minimum absolute atomic E-state index is 0.0638. The zero-order valence-electron chi connectivity index (χ0n) is 16.6. The van der Waals surface area contributed by atoms with Crippen molar-refractivity contribution in [2.24, 2.45) is 0 Å². The molecule has 1 N–H and O–H groups in total. The molecule has 1 heterocycles. The molecule has 3 aromatic rings. The van der Waals surface area contributed by atoms with E-state index in [0.29, 0.717) is 11.7 Å². The Labute approximate surface area is 183 Å². The van der Waals surface area contributed by atoms with Crippen LogP contribution < -0.4 is 14.8 Å². The average molecular weight is 475 g/mol. The second kappa shape index (κ2) is 9.89. The lowest BCUT2D eigenvalue weighted by Crippen LogP contribution is -2.20. The molecule has 0 aliphatic heterocycles. The standard InChI is InChI=1S/C22H23BrN2O3S/c1-4-15-12-17(23)8-11-19(15)28-13-20(26)24-22-25-21(14(3)29-22)16-6-9-18(10-7-16)27-5-2/h6-12H,4-5,13H2,1-3H3,(H,24,25,26). The predicted octanol–water partition coefficient (Wildman–Crippen LogP) is 5.86. The average Bonchev–Trinajstić information content (AvgIpc) is 3.07. The SMILES string of the molecule is CCOc1ccc(-c2nc(NC(=O)COc3ccc(Br)cc3CC)sc2C)cc1. The first-order chi connectivity index (χ1) is 14.0. The Morgan fingerprint density at radius 1 is 1.14 bits per heavy atom. The number of nitrogens with zero attached hydrogens (tertiary/aromatic N) is 1. The Balaban J connectivity index is 1.63. The lowest BCUT2D eigenvalue weighted by molar-refractivity contribution is -0.118. The van der Waals surface area contributed by atoms with Gasteiger partial charge in [0.25, 0.3) is 5.91 Å². The minimum atomic E-state index is -0.234. The zero-order chi connectivity index (χ0) is 20.8. The fourth-order valence-electron chi connectivity index (χ4n) is 2.86. The van der Waals surface area contributed by atoms with Crippen LogP contribution in [-0.4, -0.2) is 24.1 Å². The molecular formula is C22H23BrN2O3S. The molecule has 0 aliphatic rings. The molecule has 0 atom stereocenters. The third kappa shape index (κ3) is 5.58. The summed E-state index contributed by atoms with van der Waals surface area (Å²) in [7, 11) is 0. The second-order valence-electron chi connectivity index (χ2n) is 6.32. The molecule has 2 aromatic carbocycles. The highest BCUT2D eigenvalue weighted by atomic mass is 79.9. The van der Waals surface area contributed by atoms with Crippen LogP contribution in [0.4, 0.5) is 5.13 Å². The maximum Gasteiger partial charge on any atom is 0.264 e. The first-order valence-electron chi connectivity index (χ1n) is 9.41. The normalized spacial score (nSPS) is 10.6. The monoisotopic (exact) mass is 474 g/mol. The fourth-order valence-corrected chi connectivity index (χ4v) is 4.12. The molecule has 5 nitrogen and oxygen atoms in total. The topological polar surface area (TPSA) is 60.5 Å². The van der Waals surface area contributed by atoms with Gasteiger partial charge in [0.2, 0.25) is 0 Å². The summed E-state index contributed by atoms with van der Waals surface area (Å²) < 4.78 is 12.2. The molecule has 152 valence electrons. The molecule has 3 rings (SSSR count). The number of benzene rings is 2. The van der Waals surface area contributed by atoms with E-state index in [4.69, 9.17) is 9.47 Å². The number of thiazole rings is 1. The van der Waals surface area contributed by atoms with Crippen LogP contribution in [0.25, 0.3) is 11.3 Å². The molecule has 1 amide bonds. The number of halogens is 1. The van der Waals surface area contributed by atoms with Crippen molar-refractivity contribution >= 4 is 38.3 Å². The minimum Gasteiger partial charge on any atom is -0.494 e. The van der Waals surface area contributed by atoms with Crippen LogP contribution >= 0.6 is 27.3 Å². The van der Waals surface area contributed by atoms with E-state index in [0.717, 1.165) is 44.1 Å². The quantitative estimate of drug-likeness (QED) is 0.444. The van der Waals surface area contributed by atoms with Crippen molar-refractivity contribution in [1.82, 2.24) is 4.98 Å². The Hall–Kier alpha value is -2.38. The van der Waals surface area contributed by atoms with Crippen molar-refractivity contribution in [3.05, 3.63) is 57.4 Å². The Morgan fingerprint density at radius 3 is 2.59 bits per heavy atom. The van der Waals surface area contributed by atoms with E-state index >= 15 is 0 Å². The van der Waals surface area contributed by atoms with Crippen LogP contribution in [0, 0.1) is 6.92 Å². The first kappa shape index (κ1) is 21.3. The van der Waals surface area contributed by atoms with Crippen LogP contribution in [0.5, 0.6) is 11.5 Å². The van der Waals surface area contributed by atoms with Gasteiger partial charge in [-0.3, -0.25) is 10.1 Å². The van der Waals surface area contributed by atoms with E-state index < -0.39 is 0 Å². The van der Waals surface area contributed by atoms with Gasteiger partial charge in [-0.05, 0) is 68.3 Å². The highest BCUT2D eigenvalue weighted by Crippen LogP contribution is 2.31. The molecule has 0 bridgehead atoms. The molecule has 0 spiro atoms. The van der Waals surface area contributed by atoms with Crippen molar-refractivity contribution in [2.45, 2.75) is 27.2 Å². The molecule has 1 aromatic heterocycles. The number of amides is 1. The van der Waals surface area contributed by atoms with Gasteiger partial charge in [-0.1, -0.05) is 22.9 Å². The third-order valence-electron chi connectivity index (χ3n) is 4.24. The molecule has 0 unspecified atom stereocenters. The number of hydrogen-bond acceptors (Lipinski definition) is 5. The van der Waals surface area contributed by atoms with Crippen molar-refractivity contribution in [3.63, 3.8) is 0 Å². The van der Waals surface area contributed by atoms with Crippen LogP contribution in [0.3, 0.4) is 0 Å². The van der Waals surface area contributed by atoms with Gasteiger partial charge in [0, 0.05) is 14.9 Å². The van der Waals surface area contributed by atoms with Gasteiger partial charge in [-0.15, -0.1) is 11.3 Å². The summed E-state index contributed by atoms with van der Waals surface area (Å²) in [6.07, 6.45) is 0.827. The fraction of sp³-hybridized carbons (Fsp3) is 0.273. The summed E-state index contributed by atoms with van der Waals surface area (Å²) in [5.74, 6) is 1.31. The number of aryl methyl sites for hydroxylation is 2. The number of carbonyl (C=O) groups is 1. The summed E-state index contributed by atoms with van der Waals surface area (Å²) in [4.78, 5) is 17.9. The predicted molar refractivity (Wildman–Crippen MR) is 121 cm³/mol. The lowest BCUT2D eigenvalue weighted by atomic mass is 10.1. The molecule has 0 aliphatic carbocycles. The van der Waals surface area contributed by atoms with E-state index in [1.54, 1.807) is 0 Å². The van der Waals surface area contributed by atoms with Gasteiger partial charge >= 0.3 is 0 Å². The molecule has 0 fully saturated rings. The highest BCUT2D eigenvalue weighted by molar-refractivity contribution is 9.10. The Morgan fingerprint density at radius 2 is 1.90 bits per heavy atom. The zero-order valence-corrected chi connectivity index (χ0v) is 19.0. The highest BCUT2D eigenvalue weighted by Gasteiger charge is 2.13. The lowest BCUT2D eigenvalue weighted by Gasteiger charge is -2.10. The van der Waals surface area contributed by atoms with E-state index in [9.17, 15) is 4.79 Å². The van der Waals surface area contributed by atoms with Crippen molar-refractivity contribution in [1.29, 1.82) is 0 Å². The molecule has 29 heavy (non-hydrogen) atoms. The van der Waals surface area contributed by atoms with E-state index in [1.807, 2.05) is 56.3 Å². The molecule has 7 heteroatoms. The van der Waals surface area contributed by atoms with E-state index in [1.165, 1.54) is 11.3 Å². The van der Waals surface area contributed by atoms with Crippen LogP contribution in [-0.2, 0) is 11.2 Å². The van der Waals surface area contributed by atoms with Gasteiger partial charge in [0.05, 0.1) is 12.3 Å². The summed E-state index contributed by atoms with van der Waals surface area (Å²) >= 11 is 4.90. The number of hydrogen-bond donors (Lipinski definition) is 1. The Kier molecular flexibility index (Phi) is 7.28. The summed E-state index contributed by atoms with van der Waals surface area (Å²) in [6, 6.07) is 13.6.